The minimum absolute atomic E-state index is 0.791. The van der Waals surface area contributed by atoms with Crippen molar-refractivity contribution in [3.05, 3.63) is 0 Å². The van der Waals surface area contributed by atoms with Crippen molar-refractivity contribution in [3.63, 3.8) is 0 Å². The van der Waals surface area contributed by atoms with Crippen molar-refractivity contribution in [2.75, 3.05) is 33.2 Å². The molecular weight excluding hydrogens is 220 g/mol. The number of rotatable bonds is 4. The minimum atomic E-state index is 0.791. The van der Waals surface area contributed by atoms with Crippen LogP contribution in [0.1, 0.15) is 51.9 Å². The highest BCUT2D eigenvalue weighted by molar-refractivity contribution is 5.10. The second-order valence-electron chi connectivity index (χ2n) is 7.45. The molecule has 1 saturated heterocycles. The third-order valence-electron chi connectivity index (χ3n) is 6.11. The predicted octanol–water partition coefficient (Wildman–Crippen LogP) is 2.89. The summed E-state index contributed by atoms with van der Waals surface area (Å²) in [4.78, 5) is 2.63. The van der Waals surface area contributed by atoms with E-state index in [1.54, 1.807) is 25.7 Å². The Bertz CT molecular complexity index is 275. The first-order valence-electron chi connectivity index (χ1n) is 8.06. The first kappa shape index (κ1) is 12.9. The van der Waals surface area contributed by atoms with Gasteiger partial charge in [-0.2, -0.15) is 0 Å². The fraction of sp³-hybridized carbons (Fsp3) is 1.00. The fourth-order valence-electron chi connectivity index (χ4n) is 5.24. The number of hydrogen-bond acceptors (Lipinski definition) is 2. The van der Waals surface area contributed by atoms with Gasteiger partial charge in [-0.3, -0.25) is 0 Å². The van der Waals surface area contributed by atoms with Gasteiger partial charge in [0.05, 0.1) is 0 Å². The Morgan fingerprint density at radius 1 is 1.11 bits per heavy atom. The Labute approximate surface area is 113 Å². The van der Waals surface area contributed by atoms with E-state index in [2.05, 4.69) is 24.2 Å². The molecule has 104 valence electrons. The van der Waals surface area contributed by atoms with E-state index in [1.165, 1.54) is 45.4 Å². The molecule has 2 nitrogen and oxygen atoms in total. The van der Waals surface area contributed by atoms with Gasteiger partial charge in [0.25, 0.3) is 0 Å². The van der Waals surface area contributed by atoms with E-state index in [0.29, 0.717) is 0 Å². The Hall–Kier alpha value is -0.0800. The van der Waals surface area contributed by atoms with E-state index >= 15 is 0 Å². The highest BCUT2D eigenvalue weighted by Gasteiger charge is 2.59. The zero-order chi connectivity index (χ0) is 12.6. The lowest BCUT2D eigenvalue weighted by Gasteiger charge is -2.65. The first-order chi connectivity index (χ1) is 8.69. The maximum absolute atomic E-state index is 3.29. The molecule has 1 aliphatic heterocycles. The molecule has 3 rings (SSSR count). The summed E-state index contributed by atoms with van der Waals surface area (Å²) < 4.78 is 0. The lowest BCUT2D eigenvalue weighted by Crippen LogP contribution is -2.57. The molecule has 0 atom stereocenters. The summed E-state index contributed by atoms with van der Waals surface area (Å²) >= 11 is 0. The van der Waals surface area contributed by atoms with Crippen LogP contribution >= 0.6 is 0 Å². The van der Waals surface area contributed by atoms with Crippen molar-refractivity contribution >= 4 is 0 Å². The summed E-state index contributed by atoms with van der Waals surface area (Å²) in [5.41, 5.74) is 1.62. The first-order valence-corrected chi connectivity index (χ1v) is 8.06. The van der Waals surface area contributed by atoms with Crippen LogP contribution in [0.25, 0.3) is 0 Å². The SMILES string of the molecule is CCN1CCC2(CC1)CC1(CC(CCNC)C1)C2. The molecule has 0 bridgehead atoms. The fourth-order valence-corrected chi connectivity index (χ4v) is 5.24. The molecule has 3 aliphatic rings. The number of likely N-dealkylation sites (tertiary alicyclic amines) is 1. The highest BCUT2D eigenvalue weighted by atomic mass is 15.1. The summed E-state index contributed by atoms with van der Waals surface area (Å²) in [6.45, 7) is 7.52. The monoisotopic (exact) mass is 250 g/mol. The van der Waals surface area contributed by atoms with Gasteiger partial charge in [-0.15, -0.1) is 0 Å². The van der Waals surface area contributed by atoms with E-state index in [0.717, 1.165) is 16.7 Å². The van der Waals surface area contributed by atoms with Gasteiger partial charge in [-0.1, -0.05) is 6.92 Å². The van der Waals surface area contributed by atoms with Crippen molar-refractivity contribution in [2.24, 2.45) is 16.7 Å². The van der Waals surface area contributed by atoms with Gasteiger partial charge in [0.15, 0.2) is 0 Å². The molecule has 0 aromatic heterocycles. The molecule has 2 aliphatic carbocycles. The molecular formula is C16H30N2. The van der Waals surface area contributed by atoms with Crippen LogP contribution in [0.3, 0.4) is 0 Å². The molecule has 2 heteroatoms. The average Bonchev–Trinajstić information content (AvgIpc) is 2.31. The van der Waals surface area contributed by atoms with Crippen LogP contribution in [0, 0.1) is 16.7 Å². The maximum atomic E-state index is 3.29. The Kier molecular flexibility index (Phi) is 3.44. The van der Waals surface area contributed by atoms with Crippen molar-refractivity contribution in [2.45, 2.75) is 51.9 Å². The van der Waals surface area contributed by atoms with Gasteiger partial charge < -0.3 is 10.2 Å². The van der Waals surface area contributed by atoms with Crippen LogP contribution in [0.15, 0.2) is 0 Å². The number of hydrogen-bond donors (Lipinski definition) is 1. The third kappa shape index (κ3) is 2.22. The van der Waals surface area contributed by atoms with Crippen molar-refractivity contribution < 1.29 is 0 Å². The topological polar surface area (TPSA) is 15.3 Å². The molecule has 1 N–H and O–H groups in total. The highest BCUT2D eigenvalue weighted by Crippen LogP contribution is 2.69. The molecule has 0 aromatic rings. The summed E-state index contributed by atoms with van der Waals surface area (Å²) in [5, 5.41) is 3.29. The van der Waals surface area contributed by atoms with E-state index < -0.39 is 0 Å². The van der Waals surface area contributed by atoms with Gasteiger partial charge >= 0.3 is 0 Å². The van der Waals surface area contributed by atoms with E-state index in [1.807, 2.05) is 0 Å². The Morgan fingerprint density at radius 3 is 2.33 bits per heavy atom. The minimum Gasteiger partial charge on any atom is -0.320 e. The number of piperidine rings is 1. The van der Waals surface area contributed by atoms with Gasteiger partial charge in [0, 0.05) is 0 Å². The number of nitrogens with one attached hydrogen (secondary N) is 1. The zero-order valence-corrected chi connectivity index (χ0v) is 12.3. The van der Waals surface area contributed by atoms with Gasteiger partial charge in [-0.25, -0.2) is 0 Å². The summed E-state index contributed by atoms with van der Waals surface area (Å²) in [7, 11) is 2.08. The molecule has 2 saturated carbocycles. The second-order valence-corrected chi connectivity index (χ2v) is 7.45. The normalized spacial score (nSPS) is 30.3. The van der Waals surface area contributed by atoms with Gasteiger partial charge in [-0.05, 0) is 94.9 Å². The lowest BCUT2D eigenvalue weighted by molar-refractivity contribution is -0.149. The summed E-state index contributed by atoms with van der Waals surface area (Å²) in [6, 6.07) is 0. The van der Waals surface area contributed by atoms with Crippen LogP contribution in [0.2, 0.25) is 0 Å². The van der Waals surface area contributed by atoms with Gasteiger partial charge in [0.1, 0.15) is 0 Å². The van der Waals surface area contributed by atoms with Crippen LogP contribution in [-0.2, 0) is 0 Å². The smallest absolute Gasteiger partial charge is 0.00135 e. The van der Waals surface area contributed by atoms with E-state index in [9.17, 15) is 0 Å². The number of nitrogens with zero attached hydrogens (tertiary/aromatic N) is 1. The second kappa shape index (κ2) is 4.79. The predicted molar refractivity (Wildman–Crippen MR) is 76.7 cm³/mol. The molecule has 18 heavy (non-hydrogen) atoms. The lowest BCUT2D eigenvalue weighted by atomic mass is 9.40. The van der Waals surface area contributed by atoms with Crippen LogP contribution < -0.4 is 5.32 Å². The van der Waals surface area contributed by atoms with Gasteiger partial charge in [0.2, 0.25) is 0 Å². The summed E-state index contributed by atoms with van der Waals surface area (Å²) in [5.74, 6) is 1.05. The van der Waals surface area contributed by atoms with E-state index in [-0.39, 0.29) is 0 Å². The van der Waals surface area contributed by atoms with Crippen LogP contribution in [-0.4, -0.2) is 38.1 Å². The quantitative estimate of drug-likeness (QED) is 0.825. The zero-order valence-electron chi connectivity index (χ0n) is 12.3. The van der Waals surface area contributed by atoms with Crippen LogP contribution in [0.5, 0.6) is 0 Å². The average molecular weight is 250 g/mol. The molecule has 0 aromatic carbocycles. The molecule has 1 heterocycles. The molecule has 3 fully saturated rings. The molecule has 0 amide bonds. The summed E-state index contributed by atoms with van der Waals surface area (Å²) in [6.07, 6.45) is 10.6. The third-order valence-corrected chi connectivity index (χ3v) is 6.11. The van der Waals surface area contributed by atoms with Crippen LogP contribution in [0.4, 0.5) is 0 Å². The standard InChI is InChI=1S/C16H30N2/c1-3-18-8-5-15(6-9-18)12-16(13-15)10-14(11-16)4-7-17-2/h14,17H,3-13H2,1-2H3. The van der Waals surface area contributed by atoms with Crippen molar-refractivity contribution in [1.82, 2.24) is 10.2 Å². The Balaban J connectivity index is 1.42. The van der Waals surface area contributed by atoms with Crippen molar-refractivity contribution in [3.8, 4) is 0 Å². The van der Waals surface area contributed by atoms with E-state index in [4.69, 9.17) is 0 Å². The largest absolute Gasteiger partial charge is 0.320 e. The maximum Gasteiger partial charge on any atom is -0.00135 e. The Morgan fingerprint density at radius 2 is 1.78 bits per heavy atom. The van der Waals surface area contributed by atoms with Crippen molar-refractivity contribution in [1.29, 1.82) is 0 Å². The molecule has 0 unspecified atom stereocenters. The molecule has 0 radical (unpaired) electrons. The molecule has 2 spiro atoms.